The molecule has 16 nitrogen and oxygen atoms in total. The molecule has 0 spiro atoms. The largest absolute Gasteiger partial charge is 0.438 e. The van der Waals surface area contributed by atoms with E-state index in [1.165, 1.54) is 48.8 Å². The number of carbonyl (C=O) groups is 2. The van der Waals surface area contributed by atoms with E-state index in [0.717, 1.165) is 73.5 Å². The predicted octanol–water partition coefficient (Wildman–Crippen LogP) is 13.1. The lowest BCUT2D eigenvalue weighted by Gasteiger charge is -2.29. The van der Waals surface area contributed by atoms with Crippen LogP contribution in [0.3, 0.4) is 0 Å². The van der Waals surface area contributed by atoms with E-state index in [1.807, 2.05) is 23.9 Å². The molecule has 0 saturated carbocycles. The number of hydrogen-bond acceptors (Lipinski definition) is 14. The second kappa shape index (κ2) is 26.2. The maximum atomic E-state index is 15.0. The number of alkyl halides is 6. The topological polar surface area (TPSA) is 165 Å². The van der Waals surface area contributed by atoms with Crippen molar-refractivity contribution >= 4 is 46.2 Å². The summed E-state index contributed by atoms with van der Waals surface area (Å²) in [6.45, 7) is 3.10. The number of carbonyl (C=O) groups excluding carboxylic acids is 2. The van der Waals surface area contributed by atoms with E-state index in [9.17, 15) is 44.7 Å². The first-order valence-electron chi connectivity index (χ1n) is 27.1. The molecule has 24 heteroatoms. The Hall–Kier alpha value is -9.42. The number of amides is 2. The maximum Gasteiger partial charge on any atom is 0.416 e. The van der Waals surface area contributed by atoms with Gasteiger partial charge in [0, 0.05) is 89.3 Å². The molecule has 2 amide bonds. The summed E-state index contributed by atoms with van der Waals surface area (Å²) in [7, 11) is 10.9. The van der Waals surface area contributed by atoms with Crippen LogP contribution >= 0.6 is 0 Å². The number of hydrogen-bond donors (Lipinski definition) is 4. The number of ether oxygens (including phenoxy) is 2. The fourth-order valence-electron chi connectivity index (χ4n) is 10.0. The van der Waals surface area contributed by atoms with Crippen molar-refractivity contribution in [2.45, 2.75) is 37.3 Å². The third-order valence-corrected chi connectivity index (χ3v) is 14.7. The molecule has 2 aliphatic heterocycles. The minimum atomic E-state index is -4.63. The summed E-state index contributed by atoms with van der Waals surface area (Å²) >= 11 is 0. The number of anilines is 6. The molecule has 2 atom stereocenters. The highest BCUT2D eigenvalue weighted by Crippen LogP contribution is 2.40. The van der Waals surface area contributed by atoms with Crippen LogP contribution in [0.4, 0.5) is 69.5 Å². The average Bonchev–Trinajstić information content (AvgIpc) is 2.93. The number of likely N-dealkylation sites (N-methyl/N-ethyl adjacent to an activating group) is 4. The lowest BCUT2D eigenvalue weighted by atomic mass is 10.1. The zero-order valence-corrected chi connectivity index (χ0v) is 47.5. The van der Waals surface area contributed by atoms with Gasteiger partial charge in [0.15, 0.2) is 0 Å². The average molecular weight is 1190 g/mol. The standard InChI is InChI=1S/2C31H30F4N6O2/c2*1-36-28-15-19(10-13-37-28)23-5-4-12-38-30(23)43-22-7-8-25(32)24(17-22)29(42)39-26-16-20(31(33,34)35)6-9-27(26)41(3)21-11-14-40(2)18-21/h2*4-10,12-13,15-17,21H,11,14,18H2,1-3H3,(H,36,37)(H,39,42)/t2*21-/m10/s1. The highest BCUT2D eigenvalue weighted by atomic mass is 19.4. The van der Waals surface area contributed by atoms with Gasteiger partial charge in [-0.05, 0) is 172 Å². The summed E-state index contributed by atoms with van der Waals surface area (Å²) in [6.07, 6.45) is -1.33. The molecule has 0 radical (unpaired) electrons. The summed E-state index contributed by atoms with van der Waals surface area (Å²) in [4.78, 5) is 51.7. The van der Waals surface area contributed by atoms with Crippen LogP contribution in [-0.2, 0) is 12.4 Å². The van der Waals surface area contributed by atoms with Crippen LogP contribution in [0, 0.1) is 11.6 Å². The van der Waals surface area contributed by atoms with Gasteiger partial charge in [0.25, 0.3) is 11.8 Å². The van der Waals surface area contributed by atoms with Gasteiger partial charge in [-0.1, -0.05) is 0 Å². The molecule has 2 fully saturated rings. The van der Waals surface area contributed by atoms with Crippen molar-refractivity contribution in [1.82, 2.24) is 29.7 Å². The zero-order chi connectivity index (χ0) is 61.5. The van der Waals surface area contributed by atoms with Gasteiger partial charge < -0.3 is 50.3 Å². The fourth-order valence-corrected chi connectivity index (χ4v) is 10.0. The predicted molar refractivity (Wildman–Crippen MR) is 314 cm³/mol. The summed E-state index contributed by atoms with van der Waals surface area (Å²) in [5.41, 5.74) is 0.761. The Labute approximate surface area is 490 Å². The number of aromatic nitrogens is 4. The first-order chi connectivity index (χ1) is 41.1. The normalized spacial score (nSPS) is 15.3. The number of rotatable bonds is 16. The Morgan fingerprint density at radius 3 is 1.30 bits per heavy atom. The van der Waals surface area contributed by atoms with Crippen LogP contribution in [-0.4, -0.2) is 122 Å². The molecule has 4 aromatic carbocycles. The number of halogens is 8. The number of nitrogens with zero attached hydrogens (tertiary/aromatic N) is 8. The summed E-state index contributed by atoms with van der Waals surface area (Å²) in [5.74, 6) is -1.66. The van der Waals surface area contributed by atoms with Crippen molar-refractivity contribution in [1.29, 1.82) is 0 Å². The SMILES string of the molecule is CNc1cc(-c2cccnc2Oc2ccc(F)c(C(=O)Nc3cc(C(F)(F)F)ccc3N(C)[C@@H]3CCN(C)C3)c2)ccn1.CNc1cc(-c2cccnc2Oc2ccc(F)c(C(=O)Nc3cc(C(F)(F)F)ccc3N(C)[C@H]3CCN(C)C3)c2)ccn1. The Morgan fingerprint density at radius 1 is 0.535 bits per heavy atom. The fraction of sp³-hybridized carbons (Fsp3) is 0.258. The summed E-state index contributed by atoms with van der Waals surface area (Å²) < 4.78 is 124. The number of likely N-dealkylation sites (tertiary alicyclic amines) is 2. The number of pyridine rings is 4. The van der Waals surface area contributed by atoms with Crippen molar-refractivity contribution in [2.24, 2.45) is 0 Å². The monoisotopic (exact) mass is 1190 g/mol. The highest BCUT2D eigenvalue weighted by molar-refractivity contribution is 6.07. The van der Waals surface area contributed by atoms with Gasteiger partial charge in [0.1, 0.15) is 34.8 Å². The van der Waals surface area contributed by atoms with Gasteiger partial charge in [-0.3, -0.25) is 9.59 Å². The minimum absolute atomic E-state index is 0.0306. The molecule has 86 heavy (non-hydrogen) atoms. The van der Waals surface area contributed by atoms with Gasteiger partial charge in [-0.25, -0.2) is 28.7 Å². The Morgan fingerprint density at radius 2 is 0.942 bits per heavy atom. The molecule has 8 aromatic rings. The lowest BCUT2D eigenvalue weighted by molar-refractivity contribution is -0.138. The van der Waals surface area contributed by atoms with Gasteiger partial charge >= 0.3 is 12.4 Å². The number of benzene rings is 4. The third kappa shape index (κ3) is 14.6. The molecular formula is C62H60F8N12O4. The first kappa shape index (κ1) is 61.1. The quantitative estimate of drug-likeness (QED) is 0.0675. The summed E-state index contributed by atoms with van der Waals surface area (Å²) in [5, 5.41) is 11.0. The van der Waals surface area contributed by atoms with Gasteiger partial charge in [-0.15, -0.1) is 0 Å². The second-order valence-corrected chi connectivity index (χ2v) is 20.6. The van der Waals surface area contributed by atoms with Crippen LogP contribution in [0.25, 0.3) is 22.3 Å². The van der Waals surface area contributed by atoms with Crippen molar-refractivity contribution < 1.29 is 54.2 Å². The van der Waals surface area contributed by atoms with Gasteiger partial charge in [0.05, 0.1) is 45.0 Å². The van der Waals surface area contributed by atoms with Gasteiger partial charge in [0.2, 0.25) is 11.8 Å². The van der Waals surface area contributed by atoms with Crippen molar-refractivity contribution in [3.8, 4) is 45.5 Å². The molecule has 0 unspecified atom stereocenters. The Bertz CT molecular complexity index is 3500. The molecule has 6 heterocycles. The molecule has 4 N–H and O–H groups in total. The smallest absolute Gasteiger partial charge is 0.416 e. The highest BCUT2D eigenvalue weighted by Gasteiger charge is 2.35. The van der Waals surface area contributed by atoms with Crippen LogP contribution in [0.1, 0.15) is 44.7 Å². The molecule has 4 aromatic heterocycles. The van der Waals surface area contributed by atoms with E-state index in [1.54, 1.807) is 89.1 Å². The second-order valence-electron chi connectivity index (χ2n) is 20.6. The van der Waals surface area contributed by atoms with E-state index in [0.29, 0.717) is 47.2 Å². The van der Waals surface area contributed by atoms with E-state index in [4.69, 9.17) is 9.47 Å². The van der Waals surface area contributed by atoms with Crippen LogP contribution in [0.5, 0.6) is 23.3 Å². The molecule has 0 aliphatic carbocycles. The zero-order valence-electron chi connectivity index (χ0n) is 47.5. The third-order valence-electron chi connectivity index (χ3n) is 14.7. The molecule has 2 aliphatic rings. The molecular weight excluding hydrogens is 1130 g/mol. The number of nitrogens with one attached hydrogen (secondary N) is 4. The van der Waals surface area contributed by atoms with Crippen LogP contribution in [0.15, 0.2) is 146 Å². The molecule has 0 bridgehead atoms. The van der Waals surface area contributed by atoms with E-state index < -0.39 is 58.1 Å². The van der Waals surface area contributed by atoms with Crippen molar-refractivity contribution in [3.05, 3.63) is 180 Å². The molecule has 10 rings (SSSR count). The van der Waals surface area contributed by atoms with Crippen LogP contribution < -0.4 is 40.5 Å². The first-order valence-corrected chi connectivity index (χ1v) is 27.1. The van der Waals surface area contributed by atoms with E-state index in [2.05, 4.69) is 51.0 Å². The van der Waals surface area contributed by atoms with Crippen molar-refractivity contribution in [3.63, 3.8) is 0 Å². The van der Waals surface area contributed by atoms with Crippen LogP contribution in [0.2, 0.25) is 0 Å². The molecule has 448 valence electrons. The maximum absolute atomic E-state index is 15.0. The lowest BCUT2D eigenvalue weighted by Crippen LogP contribution is -2.34. The molecule has 2 saturated heterocycles. The summed E-state index contributed by atoms with van der Waals surface area (Å²) in [6, 6.07) is 27.8. The van der Waals surface area contributed by atoms with E-state index >= 15 is 0 Å². The minimum Gasteiger partial charge on any atom is -0.438 e. The van der Waals surface area contributed by atoms with Crippen molar-refractivity contribution in [2.75, 3.05) is 99.5 Å². The van der Waals surface area contributed by atoms with Gasteiger partial charge in [-0.2, -0.15) is 26.3 Å². The Balaban J connectivity index is 0.000000205. The van der Waals surface area contributed by atoms with E-state index in [-0.39, 0.29) is 46.7 Å². The Kier molecular flexibility index (Phi) is 18.7.